The lowest BCUT2D eigenvalue weighted by molar-refractivity contribution is -0.121. The van der Waals surface area contributed by atoms with E-state index in [-0.39, 0.29) is 6.42 Å². The Morgan fingerprint density at radius 2 is 2.12 bits per heavy atom. The summed E-state index contributed by atoms with van der Waals surface area (Å²) in [5.74, 6) is -0.450. The second kappa shape index (κ2) is 4.73. The number of alkyl halides is 3. The van der Waals surface area contributed by atoms with Crippen LogP contribution in [0.5, 0.6) is 0 Å². The van der Waals surface area contributed by atoms with Gasteiger partial charge >= 0.3 is 11.8 Å². The molecule has 17 heavy (non-hydrogen) atoms. The molecule has 1 N–H and O–H groups in total. The highest BCUT2D eigenvalue weighted by molar-refractivity contribution is 7.89. The number of nitrogens with one attached hydrogen (secondary N) is 1. The highest BCUT2D eigenvalue weighted by Crippen LogP contribution is 2.15. The Kier molecular flexibility index (Phi) is 3.92. The van der Waals surface area contributed by atoms with Gasteiger partial charge in [0, 0.05) is 11.9 Å². The Balaban J connectivity index is 2.45. The minimum Gasteiger partial charge on any atom is -0.212 e. The van der Waals surface area contributed by atoms with Crippen LogP contribution in [0.3, 0.4) is 0 Å². The minimum atomic E-state index is -4.55. The van der Waals surface area contributed by atoms with Crippen molar-refractivity contribution in [3.05, 3.63) is 0 Å². The number of rotatable bonds is 5. The van der Waals surface area contributed by atoms with Gasteiger partial charge in [-0.15, -0.1) is 0 Å². The van der Waals surface area contributed by atoms with E-state index in [1.165, 1.54) is 17.2 Å². The molecule has 97 valence electrons. The number of hydrogen-bond donors (Lipinski definition) is 1. The third kappa shape index (κ3) is 5.26. The molecule has 0 saturated carbocycles. The lowest BCUT2D eigenvalue weighted by Gasteiger charge is -2.10. The van der Waals surface area contributed by atoms with E-state index in [4.69, 9.17) is 0 Å². The van der Waals surface area contributed by atoms with Crippen molar-refractivity contribution in [2.45, 2.75) is 25.2 Å². The molecular weight excluding hydrogens is 259 g/mol. The fourth-order valence-electron chi connectivity index (χ4n) is 1.14. The summed E-state index contributed by atoms with van der Waals surface area (Å²) in [6.45, 7) is 0.0465. The van der Waals surface area contributed by atoms with Crippen molar-refractivity contribution in [1.29, 1.82) is 0 Å². The van der Waals surface area contributed by atoms with Crippen LogP contribution >= 0.6 is 0 Å². The molecule has 0 aromatic carbocycles. The van der Waals surface area contributed by atoms with Gasteiger partial charge in [-0.1, -0.05) is 0 Å². The van der Waals surface area contributed by atoms with E-state index < -0.39 is 34.2 Å². The van der Waals surface area contributed by atoms with Crippen LogP contribution in [0, 0.1) is 0 Å². The van der Waals surface area contributed by atoms with Gasteiger partial charge in [-0.2, -0.15) is 13.2 Å². The van der Waals surface area contributed by atoms with Crippen LogP contribution in [0.4, 0.5) is 13.2 Å². The minimum absolute atomic E-state index is 0.0349. The zero-order chi connectivity index (χ0) is 13.2. The lowest BCUT2D eigenvalue weighted by atomic mass is 10.2. The molecule has 0 spiro atoms. The fourth-order valence-corrected chi connectivity index (χ4v) is 2.33. The fraction of sp³-hybridized carbons (Fsp3) is 0.750. The summed E-state index contributed by atoms with van der Waals surface area (Å²) in [6.07, 6.45) is -1.67. The molecule has 1 radical (unpaired) electrons. The Bertz CT molecular complexity index is 416. The predicted octanol–water partition coefficient (Wildman–Crippen LogP) is 0.0654. The van der Waals surface area contributed by atoms with Gasteiger partial charge in [-0.05, 0) is 0 Å². The molecule has 1 aliphatic rings. The van der Waals surface area contributed by atoms with E-state index in [1.54, 1.807) is 6.92 Å². The van der Waals surface area contributed by atoms with Crippen LogP contribution < -0.4 is 9.71 Å². The maximum Gasteiger partial charge on any atom is 0.402 e. The van der Waals surface area contributed by atoms with E-state index in [0.29, 0.717) is 0 Å². The average molecular weight is 271 g/mol. The Morgan fingerprint density at radius 1 is 1.47 bits per heavy atom. The molecule has 1 rings (SSSR count). The maximum absolute atomic E-state index is 11.8. The summed E-state index contributed by atoms with van der Waals surface area (Å²) in [4.78, 5) is 7.84. The summed E-state index contributed by atoms with van der Waals surface area (Å²) < 4.78 is 59.5. The van der Waals surface area contributed by atoms with Crippen molar-refractivity contribution in [2.75, 3.05) is 12.3 Å². The summed E-state index contributed by atoms with van der Waals surface area (Å²) in [6, 6.07) is 0. The molecule has 1 heterocycles. The molecule has 0 saturated heterocycles. The number of sulfonamides is 1. The van der Waals surface area contributed by atoms with E-state index >= 15 is 0 Å². The van der Waals surface area contributed by atoms with Crippen LogP contribution in [-0.4, -0.2) is 45.0 Å². The van der Waals surface area contributed by atoms with Crippen molar-refractivity contribution in [3.63, 3.8) is 0 Å². The molecule has 9 heteroatoms. The first-order valence-electron chi connectivity index (χ1n) is 4.75. The first-order valence-corrected chi connectivity index (χ1v) is 6.40. The highest BCUT2D eigenvalue weighted by Gasteiger charge is 2.37. The van der Waals surface area contributed by atoms with Gasteiger partial charge in [-0.25, -0.2) is 18.1 Å². The molecule has 1 aliphatic heterocycles. The maximum atomic E-state index is 11.8. The smallest absolute Gasteiger partial charge is 0.212 e. The number of aliphatic imine (C=N–C) groups is 2. The highest BCUT2D eigenvalue weighted by atomic mass is 32.2. The van der Waals surface area contributed by atoms with Crippen molar-refractivity contribution < 1.29 is 21.6 Å². The lowest BCUT2D eigenvalue weighted by Crippen LogP contribution is -2.37. The van der Waals surface area contributed by atoms with Gasteiger partial charge in [0.05, 0.1) is 18.4 Å². The zero-order valence-electron chi connectivity index (χ0n) is 9.03. The molecule has 0 aromatic rings. The van der Waals surface area contributed by atoms with Gasteiger partial charge in [0.2, 0.25) is 10.0 Å². The first kappa shape index (κ1) is 14.1. The Labute approximate surface area is 96.9 Å². The summed E-state index contributed by atoms with van der Waals surface area (Å²) in [5, 5.41) is 0. The second-order valence-electron chi connectivity index (χ2n) is 3.78. The van der Waals surface area contributed by atoms with E-state index in [9.17, 15) is 21.6 Å². The molecule has 0 amide bonds. The van der Waals surface area contributed by atoms with Crippen LogP contribution in [0.25, 0.3) is 0 Å². The van der Waals surface area contributed by atoms with Crippen LogP contribution in [0.15, 0.2) is 4.99 Å². The number of hydrogen-bond acceptors (Lipinski definition) is 4. The van der Waals surface area contributed by atoms with Crippen LogP contribution in [0.1, 0.15) is 13.3 Å². The van der Waals surface area contributed by atoms with Gasteiger partial charge < -0.3 is 0 Å². The molecule has 0 aromatic heterocycles. The number of nitrogens with zero attached hydrogens (tertiary/aromatic N) is 2. The van der Waals surface area contributed by atoms with Gasteiger partial charge in [0.25, 0.3) is 6.21 Å². The van der Waals surface area contributed by atoms with Crippen LogP contribution in [-0.2, 0) is 10.0 Å². The summed E-state index contributed by atoms with van der Waals surface area (Å²) in [7, 11) is -3.96. The van der Waals surface area contributed by atoms with Gasteiger partial charge in [0.15, 0.2) is 0 Å². The molecule has 0 bridgehead atoms. The molecule has 0 atom stereocenters. The largest absolute Gasteiger partial charge is 0.402 e. The SMILES string of the molecule is CC1(CCS(=O)(=O)NCC(F)(F)F)N=CC=[N+]1. The topological polar surface area (TPSA) is 72.6 Å². The average Bonchev–Trinajstić information content (AvgIpc) is 2.60. The molecule has 0 fully saturated rings. The molecule has 5 nitrogen and oxygen atoms in total. The quantitative estimate of drug-likeness (QED) is 0.768. The first-order chi connectivity index (χ1) is 7.62. The summed E-state index contributed by atoms with van der Waals surface area (Å²) in [5.41, 5.74) is -0.882. The summed E-state index contributed by atoms with van der Waals surface area (Å²) >= 11 is 0. The number of halogens is 3. The van der Waals surface area contributed by atoms with Gasteiger partial charge in [0.1, 0.15) is 6.54 Å². The van der Waals surface area contributed by atoms with Crippen molar-refractivity contribution >= 4 is 22.5 Å². The third-order valence-corrected chi connectivity index (χ3v) is 3.43. The Morgan fingerprint density at radius 3 is 2.59 bits per heavy atom. The van der Waals surface area contributed by atoms with Crippen molar-refractivity contribution in [3.8, 4) is 0 Å². The predicted molar refractivity (Wildman–Crippen MR) is 57.6 cm³/mol. The monoisotopic (exact) mass is 271 g/mol. The van der Waals surface area contributed by atoms with E-state index in [0.717, 1.165) is 0 Å². The Hall–Kier alpha value is -0.960. The van der Waals surface area contributed by atoms with Crippen LogP contribution in [0.2, 0.25) is 0 Å². The van der Waals surface area contributed by atoms with Gasteiger partial charge in [-0.3, -0.25) is 0 Å². The standard InChI is InChI=1S/C8H12F3N3O2S/c1-7(12-3-4-13-7)2-5-17(15,16)14-6-8(9,10)11/h3-4,14H,2,5-6H2,1H3/q+1. The van der Waals surface area contributed by atoms with E-state index in [1.807, 2.05) is 0 Å². The second-order valence-corrected chi connectivity index (χ2v) is 5.70. The zero-order valence-corrected chi connectivity index (χ0v) is 9.85. The normalized spacial score (nSPS) is 24.5. The third-order valence-electron chi connectivity index (χ3n) is 2.11. The van der Waals surface area contributed by atoms with E-state index in [2.05, 4.69) is 9.98 Å². The molecule has 0 unspecified atom stereocenters. The molecular formula is C8H12F3N3O2S+. The van der Waals surface area contributed by atoms with Crippen molar-refractivity contribution in [1.82, 2.24) is 9.71 Å². The molecule has 0 aliphatic carbocycles. The van der Waals surface area contributed by atoms with Crippen molar-refractivity contribution in [2.24, 2.45) is 4.99 Å².